The van der Waals surface area contributed by atoms with Crippen molar-refractivity contribution in [2.24, 2.45) is 0 Å². The van der Waals surface area contributed by atoms with Crippen LogP contribution in [-0.2, 0) is 0 Å². The molecule has 0 fully saturated rings. The van der Waals surface area contributed by atoms with Gasteiger partial charge in [-0.05, 0) is 35.3 Å². The highest BCUT2D eigenvalue weighted by Crippen LogP contribution is 2.43. The second kappa shape index (κ2) is 4.69. The second-order valence-electron chi connectivity index (χ2n) is 3.33. The van der Waals surface area contributed by atoms with E-state index in [1.54, 1.807) is 20.9 Å². The number of ether oxygens (including phenoxy) is 1. The van der Waals surface area contributed by atoms with Crippen LogP contribution in [0.25, 0.3) is 0 Å². The fourth-order valence-corrected chi connectivity index (χ4v) is 2.35. The molecule has 0 spiro atoms. The minimum absolute atomic E-state index is 0.0556. The minimum Gasteiger partial charge on any atom is -0.495 e. The lowest BCUT2D eigenvalue weighted by Gasteiger charge is -2.14. The molecule has 0 heterocycles. The molecule has 6 heteroatoms. The van der Waals surface area contributed by atoms with Crippen LogP contribution in [0.2, 0.25) is 0 Å². The smallest absolute Gasteiger partial charge is 0.299 e. The molecule has 0 aromatic heterocycles. The number of anilines is 1. The van der Waals surface area contributed by atoms with Gasteiger partial charge in [0.2, 0.25) is 0 Å². The van der Waals surface area contributed by atoms with Crippen molar-refractivity contribution in [2.45, 2.75) is 13.8 Å². The molecular formula is C10H13BrN2O3. The summed E-state index contributed by atoms with van der Waals surface area (Å²) in [7, 11) is 3.16. The molecule has 5 nitrogen and oxygen atoms in total. The number of nitrogens with one attached hydrogen (secondary N) is 1. The molecule has 0 radical (unpaired) electrons. The first-order chi connectivity index (χ1) is 7.45. The second-order valence-corrected chi connectivity index (χ2v) is 4.12. The SMILES string of the molecule is CNc1c(C)c(Br)c(OC)c(C)c1[N+](=O)[O-]. The maximum Gasteiger partial charge on any atom is 0.299 e. The molecule has 0 bridgehead atoms. The van der Waals surface area contributed by atoms with Crippen molar-refractivity contribution in [1.82, 2.24) is 0 Å². The standard InChI is InChI=1S/C10H13BrN2O3/c1-5-7(11)10(16-4)6(2)9(13(14)15)8(5)12-3/h12H,1-4H3. The van der Waals surface area contributed by atoms with Crippen LogP contribution in [0.5, 0.6) is 5.75 Å². The molecule has 88 valence electrons. The third-order valence-corrected chi connectivity index (χ3v) is 3.43. The maximum atomic E-state index is 11.0. The number of hydrogen-bond acceptors (Lipinski definition) is 4. The van der Waals surface area contributed by atoms with Crippen molar-refractivity contribution in [3.63, 3.8) is 0 Å². The molecule has 1 aromatic carbocycles. The Balaban J connectivity index is 3.71. The number of hydrogen-bond donors (Lipinski definition) is 1. The van der Waals surface area contributed by atoms with Gasteiger partial charge in [0.15, 0.2) is 0 Å². The van der Waals surface area contributed by atoms with Crippen molar-refractivity contribution in [3.05, 3.63) is 25.7 Å². The molecule has 0 aliphatic rings. The number of halogens is 1. The normalized spacial score (nSPS) is 10.1. The highest BCUT2D eigenvalue weighted by molar-refractivity contribution is 9.10. The van der Waals surface area contributed by atoms with Gasteiger partial charge in [-0.1, -0.05) is 0 Å². The number of nitrogens with zero attached hydrogens (tertiary/aromatic N) is 1. The van der Waals surface area contributed by atoms with E-state index >= 15 is 0 Å². The Bertz CT molecular complexity index is 446. The summed E-state index contributed by atoms with van der Waals surface area (Å²) in [5.74, 6) is 0.503. The van der Waals surface area contributed by atoms with Crippen LogP contribution in [0.15, 0.2) is 4.47 Å². The van der Waals surface area contributed by atoms with Crippen molar-refractivity contribution in [1.29, 1.82) is 0 Å². The number of rotatable bonds is 3. The highest BCUT2D eigenvalue weighted by atomic mass is 79.9. The molecule has 0 aliphatic heterocycles. The van der Waals surface area contributed by atoms with Gasteiger partial charge in [-0.25, -0.2) is 0 Å². The van der Waals surface area contributed by atoms with Crippen LogP contribution in [0.3, 0.4) is 0 Å². The van der Waals surface area contributed by atoms with Gasteiger partial charge in [-0.3, -0.25) is 10.1 Å². The Morgan fingerprint density at radius 2 is 1.94 bits per heavy atom. The summed E-state index contributed by atoms with van der Waals surface area (Å²) >= 11 is 3.38. The number of methoxy groups -OCH3 is 1. The van der Waals surface area contributed by atoms with E-state index in [0.717, 1.165) is 10.0 Å². The zero-order chi connectivity index (χ0) is 12.5. The van der Waals surface area contributed by atoms with Crippen LogP contribution in [0.1, 0.15) is 11.1 Å². The Labute approximate surface area is 102 Å². The predicted octanol–water partition coefficient (Wildman–Crippen LogP) is 3.02. The molecule has 1 rings (SSSR count). The summed E-state index contributed by atoms with van der Waals surface area (Å²) in [4.78, 5) is 10.6. The lowest BCUT2D eigenvalue weighted by molar-refractivity contribution is -0.384. The van der Waals surface area contributed by atoms with Crippen LogP contribution >= 0.6 is 15.9 Å². The molecule has 1 N–H and O–H groups in total. The fourth-order valence-electron chi connectivity index (χ4n) is 1.69. The van der Waals surface area contributed by atoms with Crippen LogP contribution < -0.4 is 10.1 Å². The van der Waals surface area contributed by atoms with E-state index in [-0.39, 0.29) is 5.69 Å². The Morgan fingerprint density at radius 1 is 1.38 bits per heavy atom. The summed E-state index contributed by atoms with van der Waals surface area (Å²) in [6.45, 7) is 3.47. The number of nitro benzene ring substituents is 1. The zero-order valence-electron chi connectivity index (χ0n) is 9.55. The van der Waals surface area contributed by atoms with Crippen molar-refractivity contribution >= 4 is 27.3 Å². The number of benzene rings is 1. The van der Waals surface area contributed by atoms with E-state index in [1.165, 1.54) is 7.11 Å². The number of nitro groups is 1. The van der Waals surface area contributed by atoms with Gasteiger partial charge in [-0.15, -0.1) is 0 Å². The first kappa shape index (κ1) is 12.8. The molecule has 0 aliphatic carbocycles. The van der Waals surface area contributed by atoms with E-state index in [9.17, 15) is 10.1 Å². The van der Waals surface area contributed by atoms with Gasteiger partial charge in [-0.2, -0.15) is 0 Å². The third-order valence-electron chi connectivity index (χ3n) is 2.47. The summed E-state index contributed by atoms with van der Waals surface area (Å²) < 4.78 is 5.91. The molecule has 0 unspecified atom stereocenters. The van der Waals surface area contributed by atoms with E-state index < -0.39 is 4.92 Å². The predicted molar refractivity (Wildman–Crippen MR) is 66.4 cm³/mol. The van der Waals surface area contributed by atoms with Crippen LogP contribution in [-0.4, -0.2) is 19.1 Å². The monoisotopic (exact) mass is 288 g/mol. The van der Waals surface area contributed by atoms with Gasteiger partial charge in [0.1, 0.15) is 11.4 Å². The summed E-state index contributed by atoms with van der Waals surface area (Å²) in [6.07, 6.45) is 0. The average molecular weight is 289 g/mol. The lowest BCUT2D eigenvalue weighted by Crippen LogP contribution is -2.04. The van der Waals surface area contributed by atoms with Crippen LogP contribution in [0, 0.1) is 24.0 Å². The van der Waals surface area contributed by atoms with Crippen molar-refractivity contribution < 1.29 is 9.66 Å². The molecule has 0 saturated heterocycles. The molecule has 0 saturated carbocycles. The topological polar surface area (TPSA) is 64.4 Å². The molecule has 0 amide bonds. The first-order valence-corrected chi connectivity index (χ1v) is 5.43. The van der Waals surface area contributed by atoms with Crippen molar-refractivity contribution in [3.8, 4) is 5.75 Å². The maximum absolute atomic E-state index is 11.0. The molecular weight excluding hydrogens is 276 g/mol. The molecule has 16 heavy (non-hydrogen) atoms. The summed E-state index contributed by atoms with van der Waals surface area (Å²) in [6, 6.07) is 0. The van der Waals surface area contributed by atoms with E-state index in [0.29, 0.717) is 17.0 Å². The fraction of sp³-hybridized carbons (Fsp3) is 0.400. The van der Waals surface area contributed by atoms with Gasteiger partial charge < -0.3 is 10.1 Å². The first-order valence-electron chi connectivity index (χ1n) is 4.64. The van der Waals surface area contributed by atoms with E-state index in [1.807, 2.05) is 0 Å². The highest BCUT2D eigenvalue weighted by Gasteiger charge is 2.25. The molecule has 0 atom stereocenters. The largest absolute Gasteiger partial charge is 0.495 e. The molecule has 1 aromatic rings. The van der Waals surface area contributed by atoms with Crippen LogP contribution in [0.4, 0.5) is 11.4 Å². The summed E-state index contributed by atoms with van der Waals surface area (Å²) in [5, 5.41) is 13.9. The van der Waals surface area contributed by atoms with Gasteiger partial charge in [0.05, 0.1) is 22.1 Å². The quantitative estimate of drug-likeness (QED) is 0.686. The van der Waals surface area contributed by atoms with E-state index in [4.69, 9.17) is 4.74 Å². The lowest BCUT2D eigenvalue weighted by atomic mass is 10.1. The average Bonchev–Trinajstić information content (AvgIpc) is 2.23. The zero-order valence-corrected chi connectivity index (χ0v) is 11.1. The Morgan fingerprint density at radius 3 is 2.31 bits per heavy atom. The van der Waals surface area contributed by atoms with Gasteiger partial charge >= 0.3 is 0 Å². The Kier molecular flexibility index (Phi) is 3.74. The third kappa shape index (κ3) is 1.84. The van der Waals surface area contributed by atoms with Crippen molar-refractivity contribution in [2.75, 3.05) is 19.5 Å². The Hall–Kier alpha value is -1.30. The summed E-state index contributed by atoms with van der Waals surface area (Å²) in [5.41, 5.74) is 1.83. The minimum atomic E-state index is -0.400. The van der Waals surface area contributed by atoms with Gasteiger partial charge in [0.25, 0.3) is 5.69 Å². The van der Waals surface area contributed by atoms with Gasteiger partial charge in [0, 0.05) is 7.05 Å². The van der Waals surface area contributed by atoms with E-state index in [2.05, 4.69) is 21.2 Å².